The summed E-state index contributed by atoms with van der Waals surface area (Å²) >= 11 is 0. The number of nitrogens with zero attached hydrogens (tertiary/aromatic N) is 5. The molecule has 0 aliphatic rings. The number of methoxy groups -OCH3 is 3. The molecule has 0 bridgehead atoms. The van der Waals surface area contributed by atoms with E-state index in [0.29, 0.717) is 17.2 Å². The van der Waals surface area contributed by atoms with Gasteiger partial charge in [-0.2, -0.15) is 4.68 Å². The number of carbonyl (C=O) groups excluding carboxylic acids is 1. The number of hydrogen-bond acceptors (Lipinski definition) is 8. The molecule has 0 amide bonds. The summed E-state index contributed by atoms with van der Waals surface area (Å²) < 4.78 is 17.7. The molecule has 26 heavy (non-hydrogen) atoms. The van der Waals surface area contributed by atoms with Gasteiger partial charge in [-0.15, -0.1) is 5.10 Å². The normalized spacial score (nSPS) is 12.0. The minimum atomic E-state index is -0.823. The van der Waals surface area contributed by atoms with Crippen molar-refractivity contribution in [1.29, 1.82) is 0 Å². The van der Waals surface area contributed by atoms with Crippen LogP contribution in [-0.4, -0.2) is 51.8 Å². The summed E-state index contributed by atoms with van der Waals surface area (Å²) in [6, 6.07) is 4.31. The number of ether oxygens (including phenoxy) is 3. The van der Waals surface area contributed by atoms with Gasteiger partial charge in [-0.3, -0.25) is 9.36 Å². The van der Waals surface area contributed by atoms with E-state index in [-0.39, 0.29) is 11.2 Å². The van der Waals surface area contributed by atoms with Crippen LogP contribution in [-0.2, 0) is 9.53 Å². The van der Waals surface area contributed by atoms with Gasteiger partial charge in [-0.05, 0) is 19.1 Å². The van der Waals surface area contributed by atoms with Gasteiger partial charge in [-0.1, -0.05) is 5.21 Å². The number of rotatable bonds is 5. The number of carbonyl (C=O) groups is 1. The first-order valence-corrected chi connectivity index (χ1v) is 7.64. The molecular formula is C16H17N5O5. The van der Waals surface area contributed by atoms with Crippen LogP contribution in [0.5, 0.6) is 11.5 Å². The lowest BCUT2D eigenvalue weighted by Crippen LogP contribution is -2.29. The van der Waals surface area contributed by atoms with Crippen LogP contribution in [0.4, 0.5) is 0 Å². The zero-order valence-electron chi connectivity index (χ0n) is 14.7. The number of esters is 1. The summed E-state index contributed by atoms with van der Waals surface area (Å²) in [7, 11) is 4.31. The SMILES string of the molecule is COC(=O)C(C)n1cnc2c(nnn2-c2ccc(OC)c(OC)c2)c1=O. The van der Waals surface area contributed by atoms with Crippen LogP contribution < -0.4 is 15.0 Å². The van der Waals surface area contributed by atoms with Gasteiger partial charge in [0, 0.05) is 6.07 Å². The molecule has 3 rings (SSSR count). The number of aromatic nitrogens is 5. The van der Waals surface area contributed by atoms with Crippen LogP contribution in [0.15, 0.2) is 29.3 Å². The topological polar surface area (TPSA) is 110 Å². The highest BCUT2D eigenvalue weighted by atomic mass is 16.5. The summed E-state index contributed by atoms with van der Waals surface area (Å²) in [4.78, 5) is 28.5. The van der Waals surface area contributed by atoms with Gasteiger partial charge in [0.2, 0.25) is 0 Å². The Kier molecular flexibility index (Phi) is 4.57. The highest BCUT2D eigenvalue weighted by Crippen LogP contribution is 2.29. The summed E-state index contributed by atoms with van der Waals surface area (Å²) in [5.41, 5.74) is 0.406. The van der Waals surface area contributed by atoms with Crippen molar-refractivity contribution in [2.75, 3.05) is 21.3 Å². The van der Waals surface area contributed by atoms with Crippen LogP contribution in [0, 0.1) is 0 Å². The largest absolute Gasteiger partial charge is 0.493 e. The van der Waals surface area contributed by atoms with Crippen molar-refractivity contribution in [3.05, 3.63) is 34.9 Å². The molecule has 0 aliphatic carbocycles. The molecule has 0 aliphatic heterocycles. The molecule has 1 unspecified atom stereocenters. The van der Waals surface area contributed by atoms with E-state index in [4.69, 9.17) is 9.47 Å². The Bertz CT molecular complexity index is 1030. The molecule has 0 spiro atoms. The van der Waals surface area contributed by atoms with Gasteiger partial charge in [0.05, 0.1) is 27.0 Å². The van der Waals surface area contributed by atoms with E-state index in [1.54, 1.807) is 25.1 Å². The van der Waals surface area contributed by atoms with Gasteiger partial charge in [0.25, 0.3) is 5.56 Å². The Morgan fingerprint density at radius 2 is 1.88 bits per heavy atom. The highest BCUT2D eigenvalue weighted by molar-refractivity contribution is 5.75. The molecule has 0 saturated heterocycles. The van der Waals surface area contributed by atoms with Crippen molar-refractivity contribution >= 4 is 17.1 Å². The second-order valence-corrected chi connectivity index (χ2v) is 5.37. The molecule has 2 heterocycles. The van der Waals surface area contributed by atoms with E-state index in [9.17, 15) is 9.59 Å². The van der Waals surface area contributed by atoms with E-state index < -0.39 is 17.6 Å². The Morgan fingerprint density at radius 3 is 2.54 bits per heavy atom. The fourth-order valence-corrected chi connectivity index (χ4v) is 2.51. The zero-order chi connectivity index (χ0) is 18.8. The summed E-state index contributed by atoms with van der Waals surface area (Å²) in [5, 5.41) is 7.91. The van der Waals surface area contributed by atoms with Crippen molar-refractivity contribution in [1.82, 2.24) is 24.5 Å². The summed E-state index contributed by atoms with van der Waals surface area (Å²) in [6.07, 6.45) is 1.27. The van der Waals surface area contributed by atoms with Gasteiger partial charge in [0.1, 0.15) is 12.4 Å². The lowest BCUT2D eigenvalue weighted by atomic mass is 10.2. The van der Waals surface area contributed by atoms with E-state index in [1.165, 1.54) is 32.3 Å². The molecule has 1 aromatic carbocycles. The Balaban J connectivity index is 2.12. The predicted octanol–water partition coefficient (Wildman–Crippen LogP) is 0.728. The molecule has 0 N–H and O–H groups in total. The summed E-state index contributed by atoms with van der Waals surface area (Å²) in [6.45, 7) is 1.54. The fraction of sp³-hybridized carbons (Fsp3) is 0.312. The van der Waals surface area contributed by atoms with Crippen LogP contribution in [0.25, 0.3) is 16.9 Å². The van der Waals surface area contributed by atoms with Crippen LogP contribution in [0.1, 0.15) is 13.0 Å². The molecule has 2 aromatic heterocycles. The zero-order valence-corrected chi connectivity index (χ0v) is 14.7. The second-order valence-electron chi connectivity index (χ2n) is 5.37. The Labute approximate surface area is 147 Å². The number of fused-ring (bicyclic) bond motifs is 1. The molecule has 136 valence electrons. The highest BCUT2D eigenvalue weighted by Gasteiger charge is 2.21. The van der Waals surface area contributed by atoms with E-state index in [2.05, 4.69) is 20.0 Å². The number of benzene rings is 1. The third kappa shape index (κ3) is 2.75. The minimum absolute atomic E-state index is 0.0398. The van der Waals surface area contributed by atoms with Gasteiger partial charge in [0.15, 0.2) is 22.7 Å². The third-order valence-corrected chi connectivity index (χ3v) is 3.96. The van der Waals surface area contributed by atoms with Crippen LogP contribution in [0.3, 0.4) is 0 Å². The van der Waals surface area contributed by atoms with E-state index in [1.807, 2.05) is 0 Å². The maximum absolute atomic E-state index is 12.6. The molecule has 10 nitrogen and oxygen atoms in total. The minimum Gasteiger partial charge on any atom is -0.493 e. The van der Waals surface area contributed by atoms with Gasteiger partial charge < -0.3 is 14.2 Å². The maximum atomic E-state index is 12.6. The van der Waals surface area contributed by atoms with Gasteiger partial charge in [-0.25, -0.2) is 9.78 Å². The van der Waals surface area contributed by atoms with Gasteiger partial charge >= 0.3 is 5.97 Å². The molecule has 1 atom stereocenters. The van der Waals surface area contributed by atoms with Crippen LogP contribution >= 0.6 is 0 Å². The van der Waals surface area contributed by atoms with Crippen LogP contribution in [0.2, 0.25) is 0 Å². The third-order valence-electron chi connectivity index (χ3n) is 3.96. The fourth-order valence-electron chi connectivity index (χ4n) is 2.51. The van der Waals surface area contributed by atoms with Crippen molar-refractivity contribution < 1.29 is 19.0 Å². The lowest BCUT2D eigenvalue weighted by Gasteiger charge is -2.12. The van der Waals surface area contributed by atoms with E-state index >= 15 is 0 Å². The predicted molar refractivity (Wildman–Crippen MR) is 90.8 cm³/mol. The smallest absolute Gasteiger partial charge is 0.328 e. The lowest BCUT2D eigenvalue weighted by molar-refractivity contribution is -0.144. The quantitative estimate of drug-likeness (QED) is 0.613. The Morgan fingerprint density at radius 1 is 1.15 bits per heavy atom. The average Bonchev–Trinajstić information content (AvgIpc) is 3.11. The van der Waals surface area contributed by atoms with Crippen molar-refractivity contribution in [2.45, 2.75) is 13.0 Å². The molecular weight excluding hydrogens is 342 g/mol. The van der Waals surface area contributed by atoms with Crippen molar-refractivity contribution in [3.63, 3.8) is 0 Å². The Hall–Kier alpha value is -3.43. The molecule has 0 radical (unpaired) electrons. The monoisotopic (exact) mass is 359 g/mol. The first kappa shape index (κ1) is 17.4. The van der Waals surface area contributed by atoms with Crippen molar-refractivity contribution in [3.8, 4) is 17.2 Å². The summed E-state index contributed by atoms with van der Waals surface area (Å²) in [5.74, 6) is 0.504. The first-order valence-electron chi connectivity index (χ1n) is 7.64. The molecule has 0 fully saturated rings. The molecule has 3 aromatic rings. The average molecular weight is 359 g/mol. The maximum Gasteiger partial charge on any atom is 0.328 e. The van der Waals surface area contributed by atoms with E-state index in [0.717, 1.165) is 4.57 Å². The standard InChI is InChI=1S/C16H17N5O5/c1-9(16(23)26-4)20-8-17-14-13(15(20)22)18-19-21(14)10-5-6-11(24-2)12(7-10)25-3/h5-9H,1-4H3. The molecule has 10 heteroatoms. The number of hydrogen-bond donors (Lipinski definition) is 0. The molecule has 0 saturated carbocycles. The van der Waals surface area contributed by atoms with Crippen molar-refractivity contribution in [2.24, 2.45) is 0 Å². The second kappa shape index (κ2) is 6.82. The first-order chi connectivity index (χ1) is 12.5.